The van der Waals surface area contributed by atoms with Gasteiger partial charge >= 0.3 is 5.63 Å². The predicted molar refractivity (Wildman–Crippen MR) is 114 cm³/mol. The summed E-state index contributed by atoms with van der Waals surface area (Å²) >= 11 is 0. The van der Waals surface area contributed by atoms with Crippen LogP contribution in [0.3, 0.4) is 0 Å². The van der Waals surface area contributed by atoms with E-state index in [-0.39, 0.29) is 18.1 Å². The molecule has 2 N–H and O–H groups in total. The Balaban J connectivity index is 1.43. The fourth-order valence-corrected chi connectivity index (χ4v) is 3.89. The molecule has 0 fully saturated rings. The molecule has 0 spiro atoms. The first-order chi connectivity index (χ1) is 14.5. The summed E-state index contributed by atoms with van der Waals surface area (Å²) in [6.07, 6.45) is 2.16. The lowest BCUT2D eigenvalue weighted by molar-refractivity contribution is -0.127. The maximum Gasteiger partial charge on any atom is 0.339 e. The molecule has 0 bridgehead atoms. The highest BCUT2D eigenvalue weighted by molar-refractivity contribution is 5.83. The number of fused-ring (bicyclic) bond motifs is 3. The molecule has 6 heteroatoms. The molecule has 3 aromatic rings. The zero-order valence-corrected chi connectivity index (χ0v) is 16.9. The van der Waals surface area contributed by atoms with Gasteiger partial charge in [0.05, 0.1) is 6.10 Å². The number of hydrogen-bond donors (Lipinski definition) is 2. The van der Waals surface area contributed by atoms with E-state index in [0.29, 0.717) is 11.3 Å². The molecular formula is C24H25NO5. The second-order valence-electron chi connectivity index (χ2n) is 7.64. The van der Waals surface area contributed by atoms with Crippen molar-refractivity contribution in [1.29, 1.82) is 0 Å². The van der Waals surface area contributed by atoms with Crippen LogP contribution >= 0.6 is 0 Å². The van der Waals surface area contributed by atoms with E-state index in [1.165, 1.54) is 0 Å². The first-order valence-corrected chi connectivity index (χ1v) is 10.3. The summed E-state index contributed by atoms with van der Waals surface area (Å²) in [5.74, 6) is 0.115. The van der Waals surface area contributed by atoms with Crippen LogP contribution < -0.4 is 15.7 Å². The van der Waals surface area contributed by atoms with Crippen molar-refractivity contribution in [2.24, 2.45) is 0 Å². The lowest BCUT2D eigenvalue weighted by Crippen LogP contribution is -2.38. The van der Waals surface area contributed by atoms with Crippen LogP contribution in [-0.4, -0.2) is 23.7 Å². The van der Waals surface area contributed by atoms with Gasteiger partial charge in [-0.25, -0.2) is 4.79 Å². The number of rotatable bonds is 6. The monoisotopic (exact) mass is 407 g/mol. The van der Waals surface area contributed by atoms with Gasteiger partial charge in [0, 0.05) is 23.6 Å². The van der Waals surface area contributed by atoms with Crippen molar-refractivity contribution in [3.05, 3.63) is 75.6 Å². The highest BCUT2D eigenvalue weighted by Gasteiger charge is 2.20. The Morgan fingerprint density at radius 2 is 1.87 bits per heavy atom. The molecule has 6 nitrogen and oxygen atoms in total. The van der Waals surface area contributed by atoms with Crippen molar-refractivity contribution in [2.45, 2.75) is 44.8 Å². The summed E-state index contributed by atoms with van der Waals surface area (Å²) in [4.78, 5) is 24.7. The Morgan fingerprint density at radius 1 is 1.13 bits per heavy atom. The topological polar surface area (TPSA) is 88.8 Å². The molecule has 1 aromatic heterocycles. The number of carbonyl (C=O) groups is 1. The fraction of sp³-hybridized carbons (Fsp3) is 0.333. The Bertz CT molecular complexity index is 1110. The third kappa shape index (κ3) is 4.24. The Morgan fingerprint density at radius 3 is 2.63 bits per heavy atom. The first kappa shape index (κ1) is 20.2. The Hall–Kier alpha value is -3.12. The minimum atomic E-state index is -0.788. The van der Waals surface area contributed by atoms with Crippen molar-refractivity contribution >= 4 is 16.9 Å². The normalized spacial score (nSPS) is 15.3. The minimum absolute atomic E-state index is 0.0925. The molecule has 2 aromatic carbocycles. The summed E-state index contributed by atoms with van der Waals surface area (Å²) in [7, 11) is 0. The molecule has 156 valence electrons. The van der Waals surface area contributed by atoms with Gasteiger partial charge in [-0.15, -0.1) is 0 Å². The van der Waals surface area contributed by atoms with E-state index >= 15 is 0 Å². The standard InChI is InChI=1S/C24H25NO5/c1-15(23(27)25-14-21(26)16-7-3-2-4-8-16)29-17-11-12-19-18-9-5-6-10-20(18)24(28)30-22(19)13-17/h2-4,7-8,11-13,15,21,26H,5-6,9-10,14H2,1H3,(H,25,27)/t15-,21+/m1/s1. The Kier molecular flexibility index (Phi) is 5.86. The molecule has 1 aliphatic rings. The smallest absolute Gasteiger partial charge is 0.339 e. The molecular weight excluding hydrogens is 382 g/mol. The molecule has 1 amide bonds. The van der Waals surface area contributed by atoms with Gasteiger partial charge in [0.25, 0.3) is 5.91 Å². The molecule has 1 heterocycles. The highest BCUT2D eigenvalue weighted by atomic mass is 16.5. The third-order valence-corrected chi connectivity index (χ3v) is 5.53. The summed E-state index contributed by atoms with van der Waals surface area (Å²) in [6, 6.07) is 14.5. The fourth-order valence-electron chi connectivity index (χ4n) is 3.89. The number of nitrogens with one attached hydrogen (secondary N) is 1. The van der Waals surface area contributed by atoms with Gasteiger partial charge < -0.3 is 19.6 Å². The van der Waals surface area contributed by atoms with Crippen molar-refractivity contribution in [3.8, 4) is 5.75 Å². The molecule has 2 atom stereocenters. The van der Waals surface area contributed by atoms with E-state index in [2.05, 4.69) is 5.32 Å². The number of benzene rings is 2. The first-order valence-electron chi connectivity index (χ1n) is 10.3. The van der Waals surface area contributed by atoms with Gasteiger partial charge in [-0.05, 0) is 55.9 Å². The molecule has 1 aliphatic carbocycles. The summed E-state index contributed by atoms with van der Waals surface area (Å²) < 4.78 is 11.3. The Labute approximate surface area is 174 Å². The lowest BCUT2D eigenvalue weighted by Gasteiger charge is -2.18. The number of ether oxygens (including phenoxy) is 1. The maximum atomic E-state index is 12.4. The van der Waals surface area contributed by atoms with Crippen LogP contribution in [0.5, 0.6) is 5.75 Å². The average molecular weight is 407 g/mol. The van der Waals surface area contributed by atoms with Crippen LogP contribution in [0.4, 0.5) is 0 Å². The number of hydrogen-bond acceptors (Lipinski definition) is 5. The van der Waals surface area contributed by atoms with E-state index < -0.39 is 12.2 Å². The number of aliphatic hydroxyl groups is 1. The van der Waals surface area contributed by atoms with Crippen molar-refractivity contribution in [1.82, 2.24) is 5.32 Å². The number of aliphatic hydroxyl groups excluding tert-OH is 1. The third-order valence-electron chi connectivity index (χ3n) is 5.53. The molecule has 4 rings (SSSR count). The largest absolute Gasteiger partial charge is 0.481 e. The van der Waals surface area contributed by atoms with Gasteiger partial charge in [-0.3, -0.25) is 4.79 Å². The van der Waals surface area contributed by atoms with Crippen LogP contribution in [0.2, 0.25) is 0 Å². The number of amides is 1. The van der Waals surface area contributed by atoms with Gasteiger partial charge in [-0.1, -0.05) is 30.3 Å². The minimum Gasteiger partial charge on any atom is -0.481 e. The van der Waals surface area contributed by atoms with E-state index in [9.17, 15) is 14.7 Å². The molecule has 0 unspecified atom stereocenters. The molecule has 0 saturated carbocycles. The molecule has 0 radical (unpaired) electrons. The van der Waals surface area contributed by atoms with E-state index in [0.717, 1.165) is 47.8 Å². The van der Waals surface area contributed by atoms with Crippen LogP contribution in [0.1, 0.15) is 42.6 Å². The van der Waals surface area contributed by atoms with Gasteiger partial charge in [0.2, 0.25) is 0 Å². The highest BCUT2D eigenvalue weighted by Crippen LogP contribution is 2.29. The molecule has 0 saturated heterocycles. The number of carbonyl (C=O) groups excluding carboxylic acids is 1. The average Bonchev–Trinajstić information content (AvgIpc) is 2.78. The summed E-state index contributed by atoms with van der Waals surface area (Å²) in [5, 5.41) is 13.8. The zero-order chi connectivity index (χ0) is 21.1. The van der Waals surface area contributed by atoms with Crippen LogP contribution in [0.15, 0.2) is 57.7 Å². The number of aryl methyl sites for hydroxylation is 1. The zero-order valence-electron chi connectivity index (χ0n) is 16.9. The van der Waals surface area contributed by atoms with Crippen molar-refractivity contribution in [3.63, 3.8) is 0 Å². The van der Waals surface area contributed by atoms with Crippen molar-refractivity contribution in [2.75, 3.05) is 6.54 Å². The van der Waals surface area contributed by atoms with Crippen LogP contribution in [0, 0.1) is 0 Å². The van der Waals surface area contributed by atoms with Gasteiger partial charge in [0.1, 0.15) is 11.3 Å². The van der Waals surface area contributed by atoms with Crippen molar-refractivity contribution < 1.29 is 19.1 Å². The predicted octanol–water partition coefficient (Wildman–Crippen LogP) is 3.29. The lowest BCUT2D eigenvalue weighted by atomic mass is 9.91. The second kappa shape index (κ2) is 8.71. The van der Waals surface area contributed by atoms with E-state index in [1.807, 2.05) is 24.3 Å². The SMILES string of the molecule is C[C@@H](Oc1ccc2c3c(c(=O)oc2c1)CCCC3)C(=O)NC[C@H](O)c1ccccc1. The van der Waals surface area contributed by atoms with E-state index in [4.69, 9.17) is 9.15 Å². The van der Waals surface area contributed by atoms with E-state index in [1.54, 1.807) is 31.2 Å². The van der Waals surface area contributed by atoms with Gasteiger partial charge in [0.15, 0.2) is 6.10 Å². The van der Waals surface area contributed by atoms with Crippen LogP contribution in [0.25, 0.3) is 11.0 Å². The second-order valence-corrected chi connectivity index (χ2v) is 7.64. The van der Waals surface area contributed by atoms with Crippen LogP contribution in [-0.2, 0) is 17.6 Å². The maximum absolute atomic E-state index is 12.4. The molecule has 30 heavy (non-hydrogen) atoms. The summed E-state index contributed by atoms with van der Waals surface area (Å²) in [5.41, 5.74) is 2.78. The quantitative estimate of drug-likeness (QED) is 0.612. The van der Waals surface area contributed by atoms with Gasteiger partial charge in [-0.2, -0.15) is 0 Å². The molecule has 0 aliphatic heterocycles. The summed E-state index contributed by atoms with van der Waals surface area (Å²) in [6.45, 7) is 1.73.